The predicted molar refractivity (Wildman–Crippen MR) is 108 cm³/mol. The summed E-state index contributed by atoms with van der Waals surface area (Å²) in [7, 11) is 0. The standard InChI is InChI=1S/C20H27ClN4O/c1-4-7-9-15(6-3)12-22-14-18-17(8-5-2)20(26)25(24-18)19-11-10-16(21)13-23-19/h6-7,9-11,13,22,24H,4-5,8,12,14H2,1-3H3/b9-7-,15-6+. The van der Waals surface area contributed by atoms with Crippen LogP contribution in [-0.4, -0.2) is 21.3 Å². The number of nitrogens with one attached hydrogen (secondary N) is 2. The number of aromatic amines is 1. The minimum absolute atomic E-state index is 0.0457. The van der Waals surface area contributed by atoms with E-state index in [-0.39, 0.29) is 5.56 Å². The van der Waals surface area contributed by atoms with Crippen molar-refractivity contribution < 1.29 is 0 Å². The molecule has 0 saturated carbocycles. The van der Waals surface area contributed by atoms with E-state index >= 15 is 0 Å². The second kappa shape index (κ2) is 10.1. The van der Waals surface area contributed by atoms with Gasteiger partial charge in [0.15, 0.2) is 5.82 Å². The molecular formula is C20H27ClN4O. The Morgan fingerprint density at radius 2 is 2.19 bits per heavy atom. The first-order chi connectivity index (χ1) is 12.6. The van der Waals surface area contributed by atoms with Gasteiger partial charge in [0.1, 0.15) is 0 Å². The van der Waals surface area contributed by atoms with Crippen LogP contribution in [0.5, 0.6) is 0 Å². The Labute approximate surface area is 159 Å². The van der Waals surface area contributed by atoms with Gasteiger partial charge in [0.05, 0.1) is 10.7 Å². The maximum atomic E-state index is 12.8. The van der Waals surface area contributed by atoms with Crippen molar-refractivity contribution in [2.45, 2.75) is 46.6 Å². The first-order valence-electron chi connectivity index (χ1n) is 9.07. The zero-order valence-corrected chi connectivity index (χ0v) is 16.4. The third kappa shape index (κ3) is 5.19. The van der Waals surface area contributed by atoms with E-state index in [1.165, 1.54) is 10.3 Å². The molecule has 0 aliphatic heterocycles. The fourth-order valence-electron chi connectivity index (χ4n) is 2.69. The van der Waals surface area contributed by atoms with E-state index in [1.54, 1.807) is 18.3 Å². The quantitative estimate of drug-likeness (QED) is 0.647. The number of allylic oxidation sites excluding steroid dienone is 2. The number of nitrogens with zero attached hydrogens (tertiary/aromatic N) is 2. The predicted octanol–water partition coefficient (Wildman–Crippen LogP) is 4.17. The molecule has 0 atom stereocenters. The van der Waals surface area contributed by atoms with E-state index in [4.69, 9.17) is 11.6 Å². The van der Waals surface area contributed by atoms with E-state index < -0.39 is 0 Å². The Bertz CT molecular complexity index is 815. The van der Waals surface area contributed by atoms with Crippen LogP contribution in [0.15, 0.2) is 46.9 Å². The molecule has 6 heteroatoms. The first kappa shape index (κ1) is 20.2. The van der Waals surface area contributed by atoms with Gasteiger partial charge in [-0.25, -0.2) is 9.67 Å². The van der Waals surface area contributed by atoms with Gasteiger partial charge in [-0.3, -0.25) is 9.89 Å². The van der Waals surface area contributed by atoms with E-state index in [9.17, 15) is 4.79 Å². The highest BCUT2D eigenvalue weighted by atomic mass is 35.5. The lowest BCUT2D eigenvalue weighted by Crippen LogP contribution is -2.19. The number of hydrogen-bond donors (Lipinski definition) is 2. The summed E-state index contributed by atoms with van der Waals surface area (Å²) in [5.74, 6) is 0.544. The lowest BCUT2D eigenvalue weighted by Gasteiger charge is -2.06. The van der Waals surface area contributed by atoms with Crippen LogP contribution in [0.4, 0.5) is 0 Å². The molecular weight excluding hydrogens is 348 g/mol. The maximum Gasteiger partial charge on any atom is 0.276 e. The molecule has 0 spiro atoms. The minimum atomic E-state index is -0.0457. The van der Waals surface area contributed by atoms with Gasteiger partial charge in [-0.1, -0.05) is 50.1 Å². The van der Waals surface area contributed by atoms with Gasteiger partial charge < -0.3 is 5.32 Å². The van der Waals surface area contributed by atoms with Gasteiger partial charge in [0.2, 0.25) is 0 Å². The van der Waals surface area contributed by atoms with Gasteiger partial charge >= 0.3 is 0 Å². The van der Waals surface area contributed by atoms with Crippen LogP contribution >= 0.6 is 11.6 Å². The Kier molecular flexibility index (Phi) is 7.88. The molecule has 26 heavy (non-hydrogen) atoms. The topological polar surface area (TPSA) is 62.7 Å². The first-order valence-corrected chi connectivity index (χ1v) is 9.45. The molecule has 5 nitrogen and oxygen atoms in total. The van der Waals surface area contributed by atoms with Crippen LogP contribution in [0.3, 0.4) is 0 Å². The van der Waals surface area contributed by atoms with Crippen molar-refractivity contribution in [3.05, 3.63) is 68.8 Å². The second-order valence-electron chi connectivity index (χ2n) is 6.07. The van der Waals surface area contributed by atoms with E-state index in [0.717, 1.165) is 37.1 Å². The molecule has 0 aliphatic carbocycles. The average molecular weight is 375 g/mol. The van der Waals surface area contributed by atoms with E-state index in [0.29, 0.717) is 17.4 Å². The molecule has 2 heterocycles. The van der Waals surface area contributed by atoms with Crippen molar-refractivity contribution in [1.82, 2.24) is 20.1 Å². The second-order valence-corrected chi connectivity index (χ2v) is 6.51. The van der Waals surface area contributed by atoms with Crippen molar-refractivity contribution >= 4 is 11.6 Å². The van der Waals surface area contributed by atoms with Crippen molar-refractivity contribution in [2.24, 2.45) is 0 Å². The zero-order chi connectivity index (χ0) is 18.9. The van der Waals surface area contributed by atoms with Gasteiger partial charge in [-0.15, -0.1) is 0 Å². The number of halogens is 1. The van der Waals surface area contributed by atoms with E-state index in [1.807, 2.05) is 6.92 Å². The van der Waals surface area contributed by atoms with Crippen LogP contribution < -0.4 is 10.9 Å². The smallest absolute Gasteiger partial charge is 0.276 e. The number of rotatable bonds is 9. The summed E-state index contributed by atoms with van der Waals surface area (Å²) in [5, 5.41) is 7.17. The Balaban J connectivity index is 2.19. The lowest BCUT2D eigenvalue weighted by molar-refractivity contribution is 0.700. The number of hydrogen-bond acceptors (Lipinski definition) is 3. The largest absolute Gasteiger partial charge is 0.307 e. The summed E-state index contributed by atoms with van der Waals surface area (Å²) in [6, 6.07) is 3.47. The third-order valence-corrected chi connectivity index (χ3v) is 4.31. The molecule has 2 rings (SSSR count). The van der Waals surface area contributed by atoms with Gasteiger partial charge in [0, 0.05) is 24.8 Å². The molecule has 140 valence electrons. The van der Waals surface area contributed by atoms with Crippen molar-refractivity contribution in [3.8, 4) is 5.82 Å². The van der Waals surface area contributed by atoms with Crippen LogP contribution in [-0.2, 0) is 13.0 Å². The molecule has 0 unspecified atom stereocenters. The summed E-state index contributed by atoms with van der Waals surface area (Å²) < 4.78 is 1.49. The molecule has 0 aromatic carbocycles. The Hall–Kier alpha value is -2.11. The number of aromatic nitrogens is 3. The Morgan fingerprint density at radius 3 is 2.81 bits per heavy atom. The van der Waals surface area contributed by atoms with Crippen molar-refractivity contribution in [3.63, 3.8) is 0 Å². The lowest BCUT2D eigenvalue weighted by atomic mass is 10.1. The zero-order valence-electron chi connectivity index (χ0n) is 15.7. The molecule has 0 radical (unpaired) electrons. The summed E-state index contributed by atoms with van der Waals surface area (Å²) >= 11 is 5.89. The third-order valence-electron chi connectivity index (χ3n) is 4.08. The monoisotopic (exact) mass is 374 g/mol. The highest BCUT2D eigenvalue weighted by Gasteiger charge is 2.15. The molecule has 0 amide bonds. The number of pyridine rings is 1. The highest BCUT2D eigenvalue weighted by molar-refractivity contribution is 6.30. The molecule has 2 aromatic heterocycles. The average Bonchev–Trinajstić information content (AvgIpc) is 2.95. The molecule has 0 saturated heterocycles. The van der Waals surface area contributed by atoms with Crippen LogP contribution in [0.1, 0.15) is 44.9 Å². The van der Waals surface area contributed by atoms with E-state index in [2.05, 4.69) is 47.5 Å². The molecule has 2 N–H and O–H groups in total. The highest BCUT2D eigenvalue weighted by Crippen LogP contribution is 2.11. The van der Waals surface area contributed by atoms with Gasteiger partial charge in [-0.05, 0) is 37.5 Å². The normalized spacial score (nSPS) is 12.2. The molecule has 0 aliphatic rings. The van der Waals surface area contributed by atoms with Crippen molar-refractivity contribution in [1.29, 1.82) is 0 Å². The van der Waals surface area contributed by atoms with Crippen LogP contribution in [0.2, 0.25) is 5.02 Å². The van der Waals surface area contributed by atoms with Crippen molar-refractivity contribution in [2.75, 3.05) is 6.54 Å². The molecule has 0 bridgehead atoms. The molecule has 2 aromatic rings. The Morgan fingerprint density at radius 1 is 1.38 bits per heavy atom. The van der Waals surface area contributed by atoms with Gasteiger partial charge in [0.25, 0.3) is 5.56 Å². The fraction of sp³-hybridized carbons (Fsp3) is 0.400. The summed E-state index contributed by atoms with van der Waals surface area (Å²) in [6.45, 7) is 7.58. The molecule has 0 fully saturated rings. The summed E-state index contributed by atoms with van der Waals surface area (Å²) in [6.07, 6.45) is 10.6. The SMILES string of the molecule is C/C=C(\C=C/CC)CNCc1[nH]n(-c2ccc(Cl)cn2)c(=O)c1CCC. The minimum Gasteiger partial charge on any atom is -0.307 e. The van der Waals surface area contributed by atoms with Crippen LogP contribution in [0.25, 0.3) is 5.82 Å². The summed E-state index contributed by atoms with van der Waals surface area (Å²) in [5.41, 5.74) is 2.90. The van der Waals surface area contributed by atoms with Gasteiger partial charge in [-0.2, -0.15) is 0 Å². The summed E-state index contributed by atoms with van der Waals surface area (Å²) in [4.78, 5) is 17.0. The number of H-pyrrole nitrogens is 1. The fourth-order valence-corrected chi connectivity index (χ4v) is 2.80. The van der Waals surface area contributed by atoms with Crippen LogP contribution in [0, 0.1) is 0 Å². The maximum absolute atomic E-state index is 12.8.